The summed E-state index contributed by atoms with van der Waals surface area (Å²) in [4.78, 5) is 0. The van der Waals surface area contributed by atoms with Gasteiger partial charge in [-0.25, -0.2) is 0 Å². The van der Waals surface area contributed by atoms with Gasteiger partial charge in [-0.15, -0.1) is 0 Å². The highest BCUT2D eigenvalue weighted by molar-refractivity contribution is 6.02. The monoisotopic (exact) mass is 280 g/mol. The fourth-order valence-corrected chi connectivity index (χ4v) is 3.09. The van der Waals surface area contributed by atoms with E-state index in [4.69, 9.17) is 0 Å². The highest BCUT2D eigenvalue weighted by Gasteiger charge is 2.19. The Kier molecular flexibility index (Phi) is 3.62. The first-order chi connectivity index (χ1) is 10.1. The van der Waals surface area contributed by atoms with E-state index in [0.717, 1.165) is 6.42 Å². The summed E-state index contributed by atoms with van der Waals surface area (Å²) in [6, 6.07) is 11.9. The number of benzene rings is 2. The SMILES string of the molecule is CC(C)NC1=CCc2cccc3ccc(NC(C)C)c1c23. The molecule has 2 aromatic rings. The minimum Gasteiger partial charge on any atom is -0.383 e. The summed E-state index contributed by atoms with van der Waals surface area (Å²) in [5, 5.41) is 9.94. The van der Waals surface area contributed by atoms with E-state index < -0.39 is 0 Å². The molecule has 0 bridgehead atoms. The molecule has 0 atom stereocenters. The van der Waals surface area contributed by atoms with Crippen LogP contribution in [0.15, 0.2) is 36.4 Å². The quantitative estimate of drug-likeness (QED) is 0.858. The van der Waals surface area contributed by atoms with Crippen LogP contribution in [0.5, 0.6) is 0 Å². The number of nitrogens with one attached hydrogen (secondary N) is 2. The second-order valence-electron chi connectivity index (χ2n) is 6.42. The average Bonchev–Trinajstić information content (AvgIpc) is 2.42. The summed E-state index contributed by atoms with van der Waals surface area (Å²) in [5.41, 5.74) is 5.24. The van der Waals surface area contributed by atoms with Crippen molar-refractivity contribution in [3.63, 3.8) is 0 Å². The van der Waals surface area contributed by atoms with Crippen molar-refractivity contribution in [1.29, 1.82) is 0 Å². The molecule has 0 saturated carbocycles. The molecule has 0 aromatic heterocycles. The van der Waals surface area contributed by atoms with Gasteiger partial charge in [0, 0.05) is 29.0 Å². The van der Waals surface area contributed by atoms with Gasteiger partial charge in [0.1, 0.15) is 0 Å². The lowest BCUT2D eigenvalue weighted by atomic mass is 9.89. The Balaban J connectivity index is 2.22. The van der Waals surface area contributed by atoms with Gasteiger partial charge in [-0.05, 0) is 56.5 Å². The Bertz CT molecular complexity index is 696. The summed E-state index contributed by atoms with van der Waals surface area (Å²) < 4.78 is 0. The van der Waals surface area contributed by atoms with Crippen LogP contribution in [0.4, 0.5) is 5.69 Å². The molecule has 0 fully saturated rings. The second kappa shape index (κ2) is 5.44. The molecule has 2 nitrogen and oxygen atoms in total. The highest BCUT2D eigenvalue weighted by Crippen LogP contribution is 2.37. The van der Waals surface area contributed by atoms with Crippen molar-refractivity contribution in [2.75, 3.05) is 5.32 Å². The Morgan fingerprint density at radius 3 is 2.38 bits per heavy atom. The van der Waals surface area contributed by atoms with Crippen molar-refractivity contribution in [3.05, 3.63) is 47.5 Å². The smallest absolute Gasteiger partial charge is 0.0443 e. The van der Waals surface area contributed by atoms with E-state index in [2.05, 4.69) is 74.7 Å². The number of anilines is 1. The van der Waals surface area contributed by atoms with E-state index >= 15 is 0 Å². The highest BCUT2D eigenvalue weighted by atomic mass is 14.9. The number of hydrogen-bond acceptors (Lipinski definition) is 2. The molecule has 2 N–H and O–H groups in total. The lowest BCUT2D eigenvalue weighted by molar-refractivity contribution is 0.715. The van der Waals surface area contributed by atoms with Crippen LogP contribution < -0.4 is 10.6 Å². The summed E-state index contributed by atoms with van der Waals surface area (Å²) in [6.07, 6.45) is 3.33. The first-order valence-electron chi connectivity index (χ1n) is 7.84. The minimum atomic E-state index is 0.424. The van der Waals surface area contributed by atoms with Gasteiger partial charge in [0.15, 0.2) is 0 Å². The van der Waals surface area contributed by atoms with Gasteiger partial charge in [-0.3, -0.25) is 0 Å². The lowest BCUT2D eigenvalue weighted by Crippen LogP contribution is -2.24. The molecule has 21 heavy (non-hydrogen) atoms. The fourth-order valence-electron chi connectivity index (χ4n) is 3.09. The third kappa shape index (κ3) is 2.63. The lowest BCUT2D eigenvalue weighted by Gasteiger charge is -2.26. The van der Waals surface area contributed by atoms with Crippen LogP contribution in [-0.2, 0) is 6.42 Å². The summed E-state index contributed by atoms with van der Waals surface area (Å²) in [7, 11) is 0. The Labute approximate surface area is 127 Å². The van der Waals surface area contributed by atoms with Crippen LogP contribution in [0.25, 0.3) is 16.5 Å². The van der Waals surface area contributed by atoms with E-state index in [9.17, 15) is 0 Å². The number of hydrogen-bond donors (Lipinski definition) is 2. The predicted octanol–water partition coefficient (Wildman–Crippen LogP) is 4.56. The van der Waals surface area contributed by atoms with Crippen molar-refractivity contribution in [2.45, 2.75) is 46.2 Å². The standard InChI is InChI=1S/C19H24N2/c1-12(2)20-16-10-8-14-6-5-7-15-9-11-17(21-13(3)4)19(16)18(14)15/h5-8,10-13,20-21H,9H2,1-4H3. The zero-order valence-corrected chi connectivity index (χ0v) is 13.3. The van der Waals surface area contributed by atoms with Gasteiger partial charge in [0.2, 0.25) is 0 Å². The zero-order valence-electron chi connectivity index (χ0n) is 13.3. The summed E-state index contributed by atoms with van der Waals surface area (Å²) in [5.74, 6) is 0. The van der Waals surface area contributed by atoms with Gasteiger partial charge in [-0.1, -0.05) is 30.3 Å². The molecule has 2 aromatic carbocycles. The van der Waals surface area contributed by atoms with E-state index in [0.29, 0.717) is 12.1 Å². The maximum Gasteiger partial charge on any atom is 0.0443 e. The maximum atomic E-state index is 3.62. The molecule has 0 aliphatic heterocycles. The molecular weight excluding hydrogens is 256 g/mol. The Morgan fingerprint density at radius 2 is 1.67 bits per heavy atom. The zero-order chi connectivity index (χ0) is 15.0. The number of allylic oxidation sites excluding steroid dienone is 1. The first-order valence-corrected chi connectivity index (χ1v) is 7.84. The van der Waals surface area contributed by atoms with Gasteiger partial charge in [0.05, 0.1) is 0 Å². The summed E-state index contributed by atoms with van der Waals surface area (Å²) >= 11 is 0. The van der Waals surface area contributed by atoms with Crippen molar-refractivity contribution in [1.82, 2.24) is 5.32 Å². The third-order valence-electron chi connectivity index (χ3n) is 3.82. The molecule has 110 valence electrons. The predicted molar refractivity (Wildman–Crippen MR) is 92.7 cm³/mol. The van der Waals surface area contributed by atoms with Gasteiger partial charge >= 0.3 is 0 Å². The normalized spacial score (nSPS) is 13.7. The van der Waals surface area contributed by atoms with Crippen molar-refractivity contribution in [3.8, 4) is 0 Å². The van der Waals surface area contributed by atoms with Gasteiger partial charge in [-0.2, -0.15) is 0 Å². The molecule has 0 heterocycles. The average molecular weight is 280 g/mol. The second-order valence-corrected chi connectivity index (χ2v) is 6.42. The van der Waals surface area contributed by atoms with Gasteiger partial charge in [0.25, 0.3) is 0 Å². The topological polar surface area (TPSA) is 24.1 Å². The molecule has 0 radical (unpaired) electrons. The molecule has 0 spiro atoms. The van der Waals surface area contributed by atoms with Crippen LogP contribution in [0.1, 0.15) is 38.8 Å². The van der Waals surface area contributed by atoms with Crippen molar-refractivity contribution < 1.29 is 0 Å². The fraction of sp³-hybridized carbons (Fsp3) is 0.368. The van der Waals surface area contributed by atoms with E-state index in [-0.39, 0.29) is 0 Å². The van der Waals surface area contributed by atoms with E-state index in [1.54, 1.807) is 0 Å². The van der Waals surface area contributed by atoms with Crippen LogP contribution in [0.3, 0.4) is 0 Å². The molecule has 2 heteroatoms. The Morgan fingerprint density at radius 1 is 0.905 bits per heavy atom. The van der Waals surface area contributed by atoms with Crippen molar-refractivity contribution >= 4 is 22.2 Å². The first kappa shape index (κ1) is 14.0. The van der Waals surface area contributed by atoms with Gasteiger partial charge < -0.3 is 10.6 Å². The van der Waals surface area contributed by atoms with Crippen LogP contribution in [0, 0.1) is 0 Å². The van der Waals surface area contributed by atoms with Crippen LogP contribution in [0.2, 0.25) is 0 Å². The summed E-state index contributed by atoms with van der Waals surface area (Å²) in [6.45, 7) is 8.75. The molecule has 1 aliphatic carbocycles. The number of rotatable bonds is 4. The van der Waals surface area contributed by atoms with E-state index in [1.807, 2.05) is 0 Å². The van der Waals surface area contributed by atoms with Crippen LogP contribution >= 0.6 is 0 Å². The largest absolute Gasteiger partial charge is 0.383 e. The molecule has 0 amide bonds. The third-order valence-corrected chi connectivity index (χ3v) is 3.82. The molecular formula is C19H24N2. The molecule has 0 unspecified atom stereocenters. The van der Waals surface area contributed by atoms with Crippen LogP contribution in [-0.4, -0.2) is 12.1 Å². The maximum absolute atomic E-state index is 3.62. The van der Waals surface area contributed by atoms with E-state index in [1.165, 1.54) is 33.3 Å². The molecule has 3 rings (SSSR count). The van der Waals surface area contributed by atoms with Crippen molar-refractivity contribution in [2.24, 2.45) is 0 Å². The molecule has 1 aliphatic rings. The Hall–Kier alpha value is -1.96. The minimum absolute atomic E-state index is 0.424. The molecule has 0 saturated heterocycles.